The van der Waals surface area contributed by atoms with Gasteiger partial charge >= 0.3 is 0 Å². The summed E-state index contributed by atoms with van der Waals surface area (Å²) in [4.78, 5) is 15.5. The molecule has 1 aliphatic heterocycles. The van der Waals surface area contributed by atoms with Crippen LogP contribution in [0.2, 0.25) is 0 Å². The fourth-order valence-corrected chi connectivity index (χ4v) is 4.41. The minimum absolute atomic E-state index is 0. The van der Waals surface area contributed by atoms with Crippen LogP contribution in [0, 0.1) is 11.8 Å². The van der Waals surface area contributed by atoms with E-state index in [0.717, 1.165) is 32.5 Å². The van der Waals surface area contributed by atoms with Crippen molar-refractivity contribution in [3.63, 3.8) is 0 Å². The summed E-state index contributed by atoms with van der Waals surface area (Å²) in [5, 5.41) is 3.54. The lowest BCUT2D eigenvalue weighted by molar-refractivity contribution is 0.0661. The van der Waals surface area contributed by atoms with Crippen molar-refractivity contribution in [2.24, 2.45) is 11.8 Å². The van der Waals surface area contributed by atoms with Crippen molar-refractivity contribution in [3.8, 4) is 11.5 Å². The third-order valence-corrected chi connectivity index (χ3v) is 6.30. The quantitative estimate of drug-likeness (QED) is 0.445. The van der Waals surface area contributed by atoms with E-state index in [-0.39, 0.29) is 24.4 Å². The Bertz CT molecular complexity index is 878. The van der Waals surface area contributed by atoms with Crippen LogP contribution in [-0.2, 0) is 11.2 Å². The SMILES string of the molecule is COCCCOc1cc(C(=O)N(C[C@H]2CNC[C@@H]2Cc2ccccc2)C(C)C)ccc1OC.Cl. The Labute approximate surface area is 210 Å². The molecule has 0 bridgehead atoms. The number of nitrogens with zero attached hydrogens (tertiary/aromatic N) is 1. The van der Waals surface area contributed by atoms with E-state index in [1.54, 1.807) is 20.3 Å². The Morgan fingerprint density at radius 2 is 1.76 bits per heavy atom. The zero-order valence-corrected chi connectivity index (χ0v) is 21.6. The van der Waals surface area contributed by atoms with Gasteiger partial charge in [-0.2, -0.15) is 0 Å². The number of amides is 1. The average Bonchev–Trinajstić information content (AvgIpc) is 3.26. The topological polar surface area (TPSA) is 60.0 Å². The molecule has 1 fully saturated rings. The van der Waals surface area contributed by atoms with Crippen LogP contribution >= 0.6 is 12.4 Å². The Morgan fingerprint density at radius 3 is 2.44 bits per heavy atom. The first-order valence-electron chi connectivity index (χ1n) is 11.9. The molecule has 1 amide bonds. The lowest BCUT2D eigenvalue weighted by Crippen LogP contribution is -2.42. The van der Waals surface area contributed by atoms with Crippen molar-refractivity contribution in [1.82, 2.24) is 10.2 Å². The van der Waals surface area contributed by atoms with Crippen molar-refractivity contribution in [2.75, 3.05) is 47.1 Å². The number of rotatable bonds is 12. The Balaban J connectivity index is 0.00000408. The van der Waals surface area contributed by atoms with Crippen LogP contribution in [-0.4, -0.2) is 63.9 Å². The van der Waals surface area contributed by atoms with E-state index in [1.807, 2.05) is 17.0 Å². The number of carbonyl (C=O) groups excluding carboxylic acids is 1. The van der Waals surface area contributed by atoms with Gasteiger partial charge in [-0.25, -0.2) is 0 Å². The first kappa shape index (κ1) is 28.0. The number of nitrogens with one attached hydrogen (secondary N) is 1. The predicted octanol–water partition coefficient (Wildman–Crippen LogP) is 4.46. The highest BCUT2D eigenvalue weighted by Crippen LogP contribution is 2.30. The highest BCUT2D eigenvalue weighted by atomic mass is 35.5. The molecule has 0 spiro atoms. The molecule has 0 aliphatic carbocycles. The zero-order chi connectivity index (χ0) is 23.6. The Hall–Kier alpha value is -2.28. The first-order chi connectivity index (χ1) is 16.0. The standard InChI is InChI=1S/C27H38N2O4.ClH/c1-20(2)29(19-24-18-28-17-23(24)15-21-9-6-5-7-10-21)27(30)22-11-12-25(32-4)26(16-22)33-14-8-13-31-3;/h5-7,9-12,16,20,23-24,28H,8,13-15,17-19H2,1-4H3;1H/t23-,24+;/m0./s1. The van der Waals surface area contributed by atoms with Gasteiger partial charge in [0.2, 0.25) is 0 Å². The van der Waals surface area contributed by atoms with Crippen LogP contribution in [0.25, 0.3) is 0 Å². The van der Waals surface area contributed by atoms with Crippen molar-refractivity contribution in [2.45, 2.75) is 32.7 Å². The molecule has 2 aromatic carbocycles. The first-order valence-corrected chi connectivity index (χ1v) is 11.9. The van der Waals surface area contributed by atoms with E-state index in [4.69, 9.17) is 14.2 Å². The monoisotopic (exact) mass is 490 g/mol. The molecule has 188 valence electrons. The molecule has 0 aromatic heterocycles. The smallest absolute Gasteiger partial charge is 0.254 e. The molecule has 1 N–H and O–H groups in total. The lowest BCUT2D eigenvalue weighted by Gasteiger charge is -2.32. The molecule has 2 atom stereocenters. The maximum atomic E-state index is 13.6. The van der Waals surface area contributed by atoms with Gasteiger partial charge in [-0.05, 0) is 69.0 Å². The molecule has 1 saturated heterocycles. The minimum atomic E-state index is 0. The van der Waals surface area contributed by atoms with E-state index < -0.39 is 0 Å². The summed E-state index contributed by atoms with van der Waals surface area (Å²) in [6, 6.07) is 16.2. The van der Waals surface area contributed by atoms with Gasteiger partial charge in [0, 0.05) is 38.3 Å². The Kier molecular flexibility index (Phi) is 11.7. The average molecular weight is 491 g/mol. The van der Waals surface area contributed by atoms with Crippen molar-refractivity contribution < 1.29 is 19.0 Å². The van der Waals surface area contributed by atoms with Crippen LogP contribution in [0.1, 0.15) is 36.2 Å². The number of hydrogen-bond acceptors (Lipinski definition) is 5. The maximum Gasteiger partial charge on any atom is 0.254 e. The Morgan fingerprint density at radius 1 is 1.03 bits per heavy atom. The second-order valence-corrected chi connectivity index (χ2v) is 8.98. The number of benzene rings is 2. The normalized spacial score (nSPS) is 17.3. The molecule has 6 nitrogen and oxygen atoms in total. The van der Waals surface area contributed by atoms with Gasteiger partial charge in [-0.1, -0.05) is 30.3 Å². The fraction of sp³-hybridized carbons (Fsp3) is 0.519. The summed E-state index contributed by atoms with van der Waals surface area (Å²) in [7, 11) is 3.28. The molecule has 1 aliphatic rings. The van der Waals surface area contributed by atoms with E-state index in [1.165, 1.54) is 5.56 Å². The second-order valence-electron chi connectivity index (χ2n) is 8.98. The summed E-state index contributed by atoms with van der Waals surface area (Å²) in [6.45, 7) is 7.95. The number of ether oxygens (including phenoxy) is 3. The minimum Gasteiger partial charge on any atom is -0.493 e. The van der Waals surface area contributed by atoms with Crippen LogP contribution in [0.15, 0.2) is 48.5 Å². The highest BCUT2D eigenvalue weighted by molar-refractivity contribution is 5.95. The van der Waals surface area contributed by atoms with Gasteiger partial charge < -0.3 is 24.4 Å². The third kappa shape index (κ3) is 7.62. The molecular weight excluding hydrogens is 452 g/mol. The molecule has 2 aromatic rings. The van der Waals surface area contributed by atoms with E-state index in [0.29, 0.717) is 42.1 Å². The van der Waals surface area contributed by atoms with Crippen LogP contribution in [0.3, 0.4) is 0 Å². The lowest BCUT2D eigenvalue weighted by atomic mass is 9.89. The van der Waals surface area contributed by atoms with E-state index in [9.17, 15) is 4.79 Å². The van der Waals surface area contributed by atoms with Gasteiger partial charge in [0.25, 0.3) is 5.91 Å². The number of methoxy groups -OCH3 is 2. The van der Waals surface area contributed by atoms with E-state index >= 15 is 0 Å². The molecule has 7 heteroatoms. The summed E-state index contributed by atoms with van der Waals surface area (Å²) < 4.78 is 16.4. The highest BCUT2D eigenvalue weighted by Gasteiger charge is 2.31. The number of carbonyl (C=O) groups is 1. The van der Waals surface area contributed by atoms with Gasteiger partial charge in [-0.3, -0.25) is 4.79 Å². The zero-order valence-electron chi connectivity index (χ0n) is 20.8. The van der Waals surface area contributed by atoms with Gasteiger partial charge in [0.1, 0.15) is 0 Å². The fourth-order valence-electron chi connectivity index (χ4n) is 4.41. The van der Waals surface area contributed by atoms with Crippen molar-refractivity contribution in [3.05, 3.63) is 59.7 Å². The van der Waals surface area contributed by atoms with Gasteiger partial charge in [0.05, 0.1) is 13.7 Å². The summed E-state index contributed by atoms with van der Waals surface area (Å²) >= 11 is 0. The maximum absolute atomic E-state index is 13.6. The van der Waals surface area contributed by atoms with Crippen molar-refractivity contribution in [1.29, 1.82) is 0 Å². The second kappa shape index (κ2) is 14.2. The molecule has 0 saturated carbocycles. The number of hydrogen-bond donors (Lipinski definition) is 1. The predicted molar refractivity (Wildman–Crippen MR) is 138 cm³/mol. The molecular formula is C27H39ClN2O4. The molecule has 1 heterocycles. The molecule has 34 heavy (non-hydrogen) atoms. The summed E-state index contributed by atoms with van der Waals surface area (Å²) in [6.07, 6.45) is 1.80. The van der Waals surface area contributed by atoms with E-state index in [2.05, 4.69) is 49.5 Å². The van der Waals surface area contributed by atoms with Crippen LogP contribution in [0.5, 0.6) is 11.5 Å². The number of halogens is 1. The third-order valence-electron chi connectivity index (χ3n) is 6.30. The summed E-state index contributed by atoms with van der Waals surface area (Å²) in [5.41, 5.74) is 1.97. The van der Waals surface area contributed by atoms with Crippen LogP contribution in [0.4, 0.5) is 0 Å². The molecule has 0 unspecified atom stereocenters. The molecule has 0 radical (unpaired) electrons. The van der Waals surface area contributed by atoms with Gasteiger partial charge in [0.15, 0.2) is 11.5 Å². The summed E-state index contributed by atoms with van der Waals surface area (Å²) in [5.74, 6) is 2.17. The van der Waals surface area contributed by atoms with Gasteiger partial charge in [-0.15, -0.1) is 12.4 Å². The molecule has 3 rings (SSSR count). The van der Waals surface area contributed by atoms with Crippen molar-refractivity contribution >= 4 is 18.3 Å². The largest absolute Gasteiger partial charge is 0.493 e. The van der Waals surface area contributed by atoms with Crippen LogP contribution < -0.4 is 14.8 Å².